The fourth-order valence-corrected chi connectivity index (χ4v) is 8.46. The van der Waals surface area contributed by atoms with Crippen LogP contribution < -0.4 is 77.2 Å². The molecule has 0 unspecified atom stereocenters. The summed E-state index contributed by atoms with van der Waals surface area (Å²) in [6.07, 6.45) is -8.98. The quantitative estimate of drug-likeness (QED) is 0.0113. The van der Waals surface area contributed by atoms with E-state index in [9.17, 15) is 53.1 Å². The van der Waals surface area contributed by atoms with Gasteiger partial charge in [-0.15, -0.1) is 10.2 Å². The first kappa shape index (κ1) is 52.4. The number of halogens is 3. The number of aromatic hydroxyl groups is 1. The number of urea groups is 1. The Morgan fingerprint density at radius 1 is 1.00 bits per heavy atom. The number of phenolic OH excluding ortho intramolecular Hbond substituents is 1. The summed E-state index contributed by atoms with van der Waals surface area (Å²) in [5.41, 5.74) is -2.55. The molecule has 65 heavy (non-hydrogen) atoms. The van der Waals surface area contributed by atoms with E-state index in [1.165, 1.54) is 30.3 Å². The molecule has 0 aromatic heterocycles. The average molecular weight is 965 g/mol. The molecule has 3 fully saturated rings. The van der Waals surface area contributed by atoms with Gasteiger partial charge in [0.2, 0.25) is 12.2 Å². The Balaban J connectivity index is 0.00000793. The van der Waals surface area contributed by atoms with Gasteiger partial charge in [-0.1, -0.05) is 35.8 Å². The Labute approximate surface area is 417 Å². The molecule has 0 radical (unpaired) electrons. The molecule has 0 spiro atoms. The Morgan fingerprint density at radius 2 is 1.72 bits per heavy atom. The van der Waals surface area contributed by atoms with Crippen molar-refractivity contribution < 1.29 is 133 Å². The van der Waals surface area contributed by atoms with E-state index in [1.54, 1.807) is 0 Å². The summed E-state index contributed by atoms with van der Waals surface area (Å²) in [7, 11) is 0. The number of amides is 3. The van der Waals surface area contributed by atoms with Gasteiger partial charge in [-0.3, -0.25) is 4.79 Å². The van der Waals surface area contributed by atoms with Crippen molar-refractivity contribution in [3.63, 3.8) is 0 Å². The van der Waals surface area contributed by atoms with Crippen LogP contribution in [0.3, 0.4) is 0 Å². The number of aliphatic hydroxyl groups is 3. The van der Waals surface area contributed by atoms with Gasteiger partial charge in [-0.05, 0) is 42.7 Å². The number of thioether (sulfide) groups is 1. The third-order valence-electron chi connectivity index (χ3n) is 10.4. The number of aliphatic hydroxyl groups excluding tert-OH is 3. The predicted octanol–water partition coefficient (Wildman–Crippen LogP) is -2.05. The van der Waals surface area contributed by atoms with Crippen molar-refractivity contribution in [3.8, 4) is 11.5 Å². The minimum atomic E-state index is -4.81. The van der Waals surface area contributed by atoms with Gasteiger partial charge >= 0.3 is 69.3 Å². The van der Waals surface area contributed by atoms with Gasteiger partial charge < -0.3 is 74.8 Å². The summed E-state index contributed by atoms with van der Waals surface area (Å²) in [4.78, 5) is 40.8. The van der Waals surface area contributed by atoms with Gasteiger partial charge in [0.05, 0.1) is 44.7 Å². The number of aliphatic carboxylic acids is 1. The molecule has 0 bridgehead atoms. The maximum Gasteiger partial charge on any atom is 1.00 e. The van der Waals surface area contributed by atoms with Crippen LogP contribution in [0.15, 0.2) is 63.6 Å². The van der Waals surface area contributed by atoms with Crippen molar-refractivity contribution in [2.24, 2.45) is 15.4 Å². The molecule has 6 rings (SSSR count). The number of benzene rings is 2. The number of unbranched alkanes of at least 4 members (excludes halogenated alkanes) is 1. The Hall–Kier alpha value is -3.60. The molecule has 8 atom stereocenters. The van der Waals surface area contributed by atoms with Gasteiger partial charge in [0, 0.05) is 35.1 Å². The number of hydrogen-bond acceptors (Lipinski definition) is 18. The number of rotatable bonds is 24. The molecule has 0 saturated carbocycles. The molecule has 2 aromatic carbocycles. The largest absolute Gasteiger partial charge is 1.00 e. The number of oxime groups is 1. The summed E-state index contributed by atoms with van der Waals surface area (Å²) in [6, 6.07) is 9.04. The molecule has 7 N–H and O–H groups in total. The number of nitrogens with zero attached hydrogens (tertiary/aromatic N) is 3. The average Bonchev–Trinajstić information content (AvgIpc) is 3.90. The number of carboxylic acid groups (broad SMARTS) is 1. The second-order valence-corrected chi connectivity index (χ2v) is 16.2. The second kappa shape index (κ2) is 24.4. The molecule has 3 saturated heterocycles. The maximum atomic E-state index is 13.8. The zero-order chi connectivity index (χ0) is 45.9. The number of carboxylic acids is 1. The molecule has 4 aliphatic heterocycles. The zero-order valence-corrected chi connectivity index (χ0v) is 39.0. The number of phenols is 1. The Kier molecular flexibility index (Phi) is 19.7. The first-order valence-corrected chi connectivity index (χ1v) is 21.3. The Morgan fingerprint density at radius 3 is 2.43 bits per heavy atom. The fraction of sp³-hybridized carbons (Fsp3) is 0.550. The molecule has 0 aliphatic carbocycles. The smallest absolute Gasteiger partial charge is 0.542 e. The number of hydrogen-bond donors (Lipinski definition) is 7. The van der Waals surface area contributed by atoms with Gasteiger partial charge in [-0.25, -0.2) is 4.79 Å². The van der Waals surface area contributed by atoms with E-state index in [0.717, 1.165) is 49.4 Å². The second-order valence-electron chi connectivity index (χ2n) is 15.0. The van der Waals surface area contributed by atoms with Crippen molar-refractivity contribution >= 4 is 42.0 Å². The number of alkyl halides is 3. The van der Waals surface area contributed by atoms with Crippen LogP contribution in [0.25, 0.3) is 6.08 Å². The van der Waals surface area contributed by atoms with E-state index in [4.69, 9.17) is 28.5 Å². The minimum absolute atomic E-state index is 0. The normalized spacial score (nSPS) is 25.6. The number of carbonyl (C=O) groups excluding carboxylic acids is 3. The molecule has 25 heteroatoms. The van der Waals surface area contributed by atoms with E-state index >= 15 is 0 Å². The van der Waals surface area contributed by atoms with E-state index in [0.29, 0.717) is 18.2 Å². The third kappa shape index (κ3) is 14.4. The molecule has 4 heterocycles. The van der Waals surface area contributed by atoms with Crippen LogP contribution in [0, 0.1) is 0 Å². The summed E-state index contributed by atoms with van der Waals surface area (Å²) in [5.74, 6) is -1.93. The van der Waals surface area contributed by atoms with Crippen LogP contribution in [0.4, 0.5) is 18.0 Å². The Bertz CT molecular complexity index is 2020. The van der Waals surface area contributed by atoms with E-state index in [2.05, 4.69) is 31.3 Å². The number of fused-ring (bicyclic) bond motifs is 1. The van der Waals surface area contributed by atoms with Crippen molar-refractivity contribution in [3.05, 3.63) is 64.9 Å². The van der Waals surface area contributed by atoms with Crippen LogP contribution in [0.5, 0.6) is 11.5 Å². The van der Waals surface area contributed by atoms with Gasteiger partial charge in [0.15, 0.2) is 0 Å². The van der Waals surface area contributed by atoms with Crippen LogP contribution >= 0.6 is 11.8 Å². The molecular weight excluding hydrogens is 917 g/mol. The monoisotopic (exact) mass is 964 g/mol. The van der Waals surface area contributed by atoms with Gasteiger partial charge in [0.1, 0.15) is 60.9 Å². The van der Waals surface area contributed by atoms with Gasteiger partial charge in [0.25, 0.3) is 0 Å². The minimum Gasteiger partial charge on any atom is -0.542 e. The fourth-order valence-electron chi connectivity index (χ4n) is 6.92. The van der Waals surface area contributed by atoms with Crippen molar-refractivity contribution in [2.75, 3.05) is 45.3 Å². The van der Waals surface area contributed by atoms with Crippen LogP contribution in [-0.2, 0) is 45.6 Å². The summed E-state index contributed by atoms with van der Waals surface area (Å²) in [5, 5.41) is 71.9. The van der Waals surface area contributed by atoms with Crippen LogP contribution in [0.1, 0.15) is 42.4 Å². The standard InChI is InChI=1S/C40H49F3N6O14S.K/c41-40(42,43)39(48-49-39)24-8-7-23(20-61-45-19-29-33(52)34(53)35(54)37(63-29)62-28(36(55)56)17-22-5-9-25(50)10-6-22)27(18-24)60-16-15-59-14-13-58-12-11-44-31(51)4-2-1-3-30-32-26(21-64-30)46-38(57)47-32;/h5-10,17-19,26,29-30,32-35,37,50,52-54H,1-4,11-16,20-21H2,(H,44,51)(H,55,56)(H2,46,47,57);/q;+1/p-1/b28-17-,45-19+;/t26-,29+,30-,32-,33-,34-,35+,37+;/m0./s1. The molecule has 20 nitrogen and oxygen atoms in total. The summed E-state index contributed by atoms with van der Waals surface area (Å²) >= 11 is 1.84. The molecule has 350 valence electrons. The first-order valence-electron chi connectivity index (χ1n) is 20.3. The molecule has 4 aliphatic rings. The third-order valence-corrected chi connectivity index (χ3v) is 11.9. The number of ether oxygens (including phenoxy) is 5. The van der Waals surface area contributed by atoms with Crippen molar-refractivity contribution in [1.29, 1.82) is 0 Å². The maximum absolute atomic E-state index is 13.8. The van der Waals surface area contributed by atoms with Crippen LogP contribution in [0.2, 0.25) is 0 Å². The van der Waals surface area contributed by atoms with E-state index in [-0.39, 0.29) is 143 Å². The SMILES string of the molecule is O=C(CCCC[C@@H]1SC[C@@H]2NC(=O)N[C@@H]21)NCCOCCOCCOc1cc(C2(C(F)(F)F)N=N2)ccc1CO/N=C/[C@H]1O[C@@H](O/C(=C\c2ccc(O)cc2)C(=O)[O-])[C@H](O)[C@@H](O)[C@H]1O.[K+]. The number of nitrogens with one attached hydrogen (secondary N) is 3. The van der Waals surface area contributed by atoms with Gasteiger partial charge in [-0.2, -0.15) is 24.9 Å². The van der Waals surface area contributed by atoms with E-state index < -0.39 is 54.3 Å². The molecule has 3 amide bonds. The zero-order valence-electron chi connectivity index (χ0n) is 35.1. The summed E-state index contributed by atoms with van der Waals surface area (Å²) in [6.45, 7) is 0.444. The molecular formula is C40H48F3KN6O14S. The predicted molar refractivity (Wildman–Crippen MR) is 215 cm³/mol. The number of carbonyl (C=O) groups is 3. The summed E-state index contributed by atoms with van der Waals surface area (Å²) < 4.78 is 69.0. The molecule has 2 aromatic rings. The van der Waals surface area contributed by atoms with E-state index in [1.807, 2.05) is 11.8 Å². The van der Waals surface area contributed by atoms with Crippen LogP contribution in [-0.4, -0.2) is 144 Å². The topological polar surface area (TPSA) is 284 Å². The van der Waals surface area contributed by atoms with Crippen molar-refractivity contribution in [2.45, 2.75) is 92.2 Å². The first-order chi connectivity index (χ1) is 30.6. The van der Waals surface area contributed by atoms with Crippen molar-refractivity contribution in [1.82, 2.24) is 16.0 Å².